The zero-order valence-electron chi connectivity index (χ0n) is 10.1. The largest absolute Gasteiger partial charge is 0.481 e. The highest BCUT2D eigenvalue weighted by atomic mass is 35.5. The molecule has 0 aliphatic carbocycles. The monoisotopic (exact) mass is 271 g/mol. The molecule has 0 aliphatic heterocycles. The Morgan fingerprint density at radius 1 is 1.44 bits per heavy atom. The van der Waals surface area contributed by atoms with E-state index in [0.29, 0.717) is 6.54 Å². The second-order valence-electron chi connectivity index (χ2n) is 3.62. The quantitative estimate of drug-likeness (QED) is 0.888. The van der Waals surface area contributed by atoms with Crippen LogP contribution in [0.15, 0.2) is 18.2 Å². The molecule has 1 aromatic rings. The summed E-state index contributed by atoms with van der Waals surface area (Å²) in [5, 5.41) is 9.15. The van der Waals surface area contributed by atoms with Gasteiger partial charge in [-0.05, 0) is 19.1 Å². The molecule has 0 spiro atoms. The van der Waals surface area contributed by atoms with Gasteiger partial charge in [0.25, 0.3) is 5.91 Å². The highest BCUT2D eigenvalue weighted by Crippen LogP contribution is 2.28. The second kappa shape index (κ2) is 6.26. The highest BCUT2D eigenvalue weighted by Gasteiger charge is 2.16. The minimum atomic E-state index is -1.15. The van der Waals surface area contributed by atoms with Crippen LogP contribution in [0.5, 0.6) is 5.75 Å². The Balaban J connectivity index is 2.84. The molecule has 0 aliphatic rings. The summed E-state index contributed by atoms with van der Waals surface area (Å²) in [5.74, 6) is -1.37. The fourth-order valence-corrected chi connectivity index (χ4v) is 1.47. The first-order valence-electron chi connectivity index (χ1n) is 5.36. The van der Waals surface area contributed by atoms with E-state index in [-0.39, 0.29) is 28.8 Å². The number of carboxylic acid groups (broad SMARTS) is 1. The van der Waals surface area contributed by atoms with Crippen LogP contribution in [0.3, 0.4) is 0 Å². The van der Waals surface area contributed by atoms with E-state index in [9.17, 15) is 9.59 Å². The number of carbonyl (C=O) groups is 2. The molecule has 0 atom stereocenters. The number of halogens is 1. The lowest BCUT2D eigenvalue weighted by atomic mass is 10.2. The number of hydrogen-bond acceptors (Lipinski definition) is 3. The molecule has 1 rings (SSSR count). The van der Waals surface area contributed by atoms with E-state index in [1.807, 2.05) is 6.92 Å². The first-order valence-corrected chi connectivity index (χ1v) is 5.73. The molecule has 1 amide bonds. The fraction of sp³-hybridized carbons (Fsp3) is 0.333. The Labute approximate surface area is 110 Å². The molecular weight excluding hydrogens is 258 g/mol. The summed E-state index contributed by atoms with van der Waals surface area (Å²) in [5.41, 5.74) is -0.0607. The number of amides is 1. The van der Waals surface area contributed by atoms with Crippen LogP contribution in [0.2, 0.25) is 5.02 Å². The van der Waals surface area contributed by atoms with Crippen molar-refractivity contribution >= 4 is 23.5 Å². The van der Waals surface area contributed by atoms with E-state index in [0.717, 1.165) is 0 Å². The average Bonchev–Trinajstić information content (AvgIpc) is 2.35. The van der Waals surface area contributed by atoms with Crippen LogP contribution in [-0.2, 0) is 4.79 Å². The van der Waals surface area contributed by atoms with Gasteiger partial charge >= 0.3 is 5.97 Å². The maximum atomic E-state index is 11.6. The maximum Gasteiger partial charge on any atom is 0.339 e. The number of carbonyl (C=O) groups excluding carboxylic acids is 1. The molecule has 18 heavy (non-hydrogen) atoms. The Hall–Kier alpha value is -1.75. The van der Waals surface area contributed by atoms with Gasteiger partial charge in [0.15, 0.2) is 12.4 Å². The topological polar surface area (TPSA) is 66.8 Å². The van der Waals surface area contributed by atoms with Gasteiger partial charge in [-0.15, -0.1) is 0 Å². The van der Waals surface area contributed by atoms with Crippen molar-refractivity contribution in [3.05, 3.63) is 28.8 Å². The first kappa shape index (κ1) is 14.3. The molecule has 5 nitrogen and oxygen atoms in total. The number of hydrogen-bond donors (Lipinski definition) is 1. The van der Waals surface area contributed by atoms with E-state index in [1.54, 1.807) is 7.05 Å². The predicted octanol–water partition coefficient (Wildman–Crippen LogP) is 1.90. The summed E-state index contributed by atoms with van der Waals surface area (Å²) in [6.45, 7) is 2.14. The van der Waals surface area contributed by atoms with Gasteiger partial charge in [-0.1, -0.05) is 17.7 Å². The molecule has 98 valence electrons. The molecule has 0 aromatic heterocycles. The van der Waals surface area contributed by atoms with Crippen LogP contribution in [-0.4, -0.2) is 42.1 Å². The average molecular weight is 272 g/mol. The summed E-state index contributed by atoms with van der Waals surface area (Å²) < 4.78 is 5.21. The summed E-state index contributed by atoms with van der Waals surface area (Å²) in [6.07, 6.45) is 0. The van der Waals surface area contributed by atoms with Gasteiger partial charge in [0, 0.05) is 13.6 Å². The van der Waals surface area contributed by atoms with Crippen LogP contribution in [0, 0.1) is 0 Å². The molecule has 6 heteroatoms. The Bertz CT molecular complexity index is 461. The van der Waals surface area contributed by atoms with Gasteiger partial charge in [-0.2, -0.15) is 0 Å². The summed E-state index contributed by atoms with van der Waals surface area (Å²) in [6, 6.07) is 4.40. The van der Waals surface area contributed by atoms with E-state index in [4.69, 9.17) is 21.4 Å². The van der Waals surface area contributed by atoms with Crippen LogP contribution < -0.4 is 4.74 Å². The van der Waals surface area contributed by atoms with Gasteiger partial charge in [0.2, 0.25) is 0 Å². The maximum absolute atomic E-state index is 11.6. The van der Waals surface area contributed by atoms with Gasteiger partial charge in [0.1, 0.15) is 5.56 Å². The van der Waals surface area contributed by atoms with Crippen molar-refractivity contribution in [2.24, 2.45) is 0 Å². The van der Waals surface area contributed by atoms with Gasteiger partial charge in [-0.3, -0.25) is 4.79 Å². The van der Waals surface area contributed by atoms with Gasteiger partial charge in [-0.25, -0.2) is 4.79 Å². The minimum Gasteiger partial charge on any atom is -0.481 e. The SMILES string of the molecule is CCN(C)C(=O)COc1c(Cl)cccc1C(=O)O. The summed E-state index contributed by atoms with van der Waals surface area (Å²) in [7, 11) is 1.64. The van der Waals surface area contributed by atoms with Crippen LogP contribution >= 0.6 is 11.6 Å². The third-order valence-electron chi connectivity index (χ3n) is 2.44. The van der Waals surface area contributed by atoms with E-state index >= 15 is 0 Å². The van der Waals surface area contributed by atoms with Crippen molar-refractivity contribution in [3.63, 3.8) is 0 Å². The molecule has 0 radical (unpaired) electrons. The molecule has 0 saturated heterocycles. The molecule has 0 fully saturated rings. The third kappa shape index (κ3) is 3.37. The number of likely N-dealkylation sites (N-methyl/N-ethyl adjacent to an activating group) is 1. The highest BCUT2D eigenvalue weighted by molar-refractivity contribution is 6.32. The molecule has 1 aromatic carbocycles. The number of carboxylic acids is 1. The summed E-state index contributed by atoms with van der Waals surface area (Å²) >= 11 is 5.86. The standard InChI is InChI=1S/C12H14ClNO4/c1-3-14(2)10(15)7-18-11-8(12(16)17)5-4-6-9(11)13/h4-6H,3,7H2,1-2H3,(H,16,17). The fourth-order valence-electron chi connectivity index (χ4n) is 1.24. The molecule has 1 N–H and O–H groups in total. The van der Waals surface area contributed by atoms with Crippen molar-refractivity contribution < 1.29 is 19.4 Å². The van der Waals surface area contributed by atoms with Crippen molar-refractivity contribution in [2.45, 2.75) is 6.92 Å². The Morgan fingerprint density at radius 3 is 2.67 bits per heavy atom. The molecule has 0 saturated carbocycles. The van der Waals surface area contributed by atoms with Gasteiger partial charge in [0.05, 0.1) is 5.02 Å². The third-order valence-corrected chi connectivity index (χ3v) is 2.74. The van der Waals surface area contributed by atoms with E-state index in [1.165, 1.54) is 23.1 Å². The van der Waals surface area contributed by atoms with Crippen molar-refractivity contribution in [1.29, 1.82) is 0 Å². The Kier molecular flexibility index (Phi) is 4.97. The zero-order valence-corrected chi connectivity index (χ0v) is 10.9. The molecule has 0 heterocycles. The molecule has 0 bridgehead atoms. The Morgan fingerprint density at radius 2 is 2.11 bits per heavy atom. The van der Waals surface area contributed by atoms with Crippen molar-refractivity contribution in [3.8, 4) is 5.75 Å². The van der Waals surface area contributed by atoms with E-state index in [2.05, 4.69) is 0 Å². The zero-order chi connectivity index (χ0) is 13.7. The van der Waals surface area contributed by atoms with Crippen LogP contribution in [0.4, 0.5) is 0 Å². The first-order chi connectivity index (χ1) is 8.47. The van der Waals surface area contributed by atoms with Crippen molar-refractivity contribution in [2.75, 3.05) is 20.2 Å². The second-order valence-corrected chi connectivity index (χ2v) is 4.03. The lowest BCUT2D eigenvalue weighted by Gasteiger charge is -2.16. The normalized spacial score (nSPS) is 9.94. The number of nitrogens with zero attached hydrogens (tertiary/aromatic N) is 1. The number of rotatable bonds is 5. The van der Waals surface area contributed by atoms with Crippen LogP contribution in [0.25, 0.3) is 0 Å². The minimum absolute atomic E-state index is 0.0181. The smallest absolute Gasteiger partial charge is 0.339 e. The number of benzene rings is 1. The number of aromatic carboxylic acids is 1. The van der Waals surface area contributed by atoms with Gasteiger partial charge < -0.3 is 14.7 Å². The lowest BCUT2D eigenvalue weighted by Crippen LogP contribution is -2.31. The van der Waals surface area contributed by atoms with Crippen LogP contribution in [0.1, 0.15) is 17.3 Å². The lowest BCUT2D eigenvalue weighted by molar-refractivity contribution is -0.131. The number of ether oxygens (including phenoxy) is 1. The molecule has 0 unspecified atom stereocenters. The summed E-state index contributed by atoms with van der Waals surface area (Å²) in [4.78, 5) is 24.0. The molecular formula is C12H14ClNO4. The number of para-hydroxylation sites is 1. The van der Waals surface area contributed by atoms with Crippen molar-refractivity contribution in [1.82, 2.24) is 4.90 Å². The predicted molar refractivity (Wildman–Crippen MR) is 67.2 cm³/mol. The van der Waals surface area contributed by atoms with E-state index < -0.39 is 5.97 Å².